The van der Waals surface area contributed by atoms with E-state index in [9.17, 15) is 14.0 Å². The van der Waals surface area contributed by atoms with E-state index >= 15 is 0 Å². The van der Waals surface area contributed by atoms with Gasteiger partial charge in [-0.2, -0.15) is 5.10 Å². The minimum absolute atomic E-state index is 0.0851. The van der Waals surface area contributed by atoms with E-state index in [-0.39, 0.29) is 18.1 Å². The molecule has 9 nitrogen and oxygen atoms in total. The highest BCUT2D eigenvalue weighted by Gasteiger charge is 2.29. The number of amides is 2. The summed E-state index contributed by atoms with van der Waals surface area (Å²) in [4.78, 5) is 27.1. The Balaban J connectivity index is 2.03. The Morgan fingerprint density at radius 2 is 1.84 bits per heavy atom. The van der Waals surface area contributed by atoms with Gasteiger partial charge in [0.1, 0.15) is 23.1 Å². The second-order valence-corrected chi connectivity index (χ2v) is 11.6. The van der Waals surface area contributed by atoms with Gasteiger partial charge in [0.15, 0.2) is 5.15 Å². The normalized spacial score (nSPS) is 13.7. The summed E-state index contributed by atoms with van der Waals surface area (Å²) in [5.41, 5.74) is 0.934. The molecule has 208 valence electrons. The van der Waals surface area contributed by atoms with Gasteiger partial charge in [-0.25, -0.2) is 18.5 Å². The van der Waals surface area contributed by atoms with Gasteiger partial charge in [0.05, 0.1) is 30.1 Å². The van der Waals surface area contributed by atoms with Crippen molar-refractivity contribution in [2.24, 2.45) is 0 Å². The molecule has 0 saturated carbocycles. The van der Waals surface area contributed by atoms with Crippen LogP contribution in [0.4, 0.5) is 19.7 Å². The number of alkyl carbamates (subject to hydrolysis) is 1. The van der Waals surface area contributed by atoms with Crippen LogP contribution in [0.2, 0.25) is 5.15 Å². The molecule has 0 bridgehead atoms. The first-order valence-electron chi connectivity index (χ1n) is 12.4. The second-order valence-electron chi connectivity index (χ2n) is 11.2. The van der Waals surface area contributed by atoms with Crippen LogP contribution in [0.15, 0.2) is 34.9 Å². The molecule has 0 unspecified atom stereocenters. The molecule has 11 heteroatoms. The second kappa shape index (κ2) is 11.2. The van der Waals surface area contributed by atoms with Crippen LogP contribution >= 0.6 is 11.6 Å². The Kier molecular flexibility index (Phi) is 8.65. The molecule has 3 aromatic heterocycles. The van der Waals surface area contributed by atoms with Crippen molar-refractivity contribution in [3.05, 3.63) is 52.7 Å². The van der Waals surface area contributed by atoms with Gasteiger partial charge in [-0.05, 0) is 85.6 Å². The van der Waals surface area contributed by atoms with E-state index in [0.29, 0.717) is 28.2 Å². The maximum atomic E-state index is 14.6. The molecule has 2 atom stereocenters. The maximum Gasteiger partial charge on any atom is 0.415 e. The Hall–Kier alpha value is -3.27. The van der Waals surface area contributed by atoms with Crippen LogP contribution in [-0.4, -0.2) is 45.2 Å². The monoisotopic (exact) mass is 550 g/mol. The number of hydrogen-bond acceptors (Lipinski definition) is 6. The topological polar surface area (TPSA) is 98.3 Å². The molecule has 3 rings (SSSR count). The van der Waals surface area contributed by atoms with E-state index in [1.165, 1.54) is 18.1 Å². The molecule has 0 aliphatic carbocycles. The summed E-state index contributed by atoms with van der Waals surface area (Å²) in [6.07, 6.45) is -0.982. The molecule has 38 heavy (non-hydrogen) atoms. The molecular formula is C27H36ClFN4O5. The van der Waals surface area contributed by atoms with Crippen LogP contribution in [0.5, 0.6) is 0 Å². The van der Waals surface area contributed by atoms with E-state index in [1.54, 1.807) is 70.3 Å². The highest BCUT2D eigenvalue weighted by atomic mass is 35.5. The molecule has 1 N–H and O–H groups in total. The summed E-state index contributed by atoms with van der Waals surface area (Å²) in [5.74, 6) is 0.540. The molecule has 3 aromatic rings. The Labute approximate surface area is 227 Å². The first-order chi connectivity index (χ1) is 17.5. The Bertz CT molecular complexity index is 1280. The molecule has 0 spiro atoms. The highest BCUT2D eigenvalue weighted by Crippen LogP contribution is 2.31. The predicted molar refractivity (Wildman–Crippen MR) is 143 cm³/mol. The number of halogens is 2. The van der Waals surface area contributed by atoms with Crippen molar-refractivity contribution in [1.29, 1.82) is 0 Å². The molecule has 0 aliphatic rings. The van der Waals surface area contributed by atoms with Gasteiger partial charge in [0, 0.05) is 11.8 Å². The van der Waals surface area contributed by atoms with E-state index in [4.69, 9.17) is 25.5 Å². The average Bonchev–Trinajstić information content (AvgIpc) is 3.37. The molecule has 0 aliphatic heterocycles. The molecule has 0 aromatic carbocycles. The minimum Gasteiger partial charge on any atom is -0.467 e. The molecule has 2 amide bonds. The van der Waals surface area contributed by atoms with Crippen molar-refractivity contribution in [2.45, 2.75) is 91.8 Å². The van der Waals surface area contributed by atoms with Gasteiger partial charge in [-0.3, -0.25) is 4.90 Å². The lowest BCUT2D eigenvalue weighted by Crippen LogP contribution is -2.44. The fourth-order valence-electron chi connectivity index (χ4n) is 3.84. The van der Waals surface area contributed by atoms with E-state index in [2.05, 4.69) is 10.4 Å². The third-order valence-electron chi connectivity index (χ3n) is 5.53. The lowest BCUT2D eigenvalue weighted by Gasteiger charge is -2.27. The van der Waals surface area contributed by atoms with Crippen LogP contribution in [0.25, 0.3) is 5.52 Å². The van der Waals surface area contributed by atoms with Gasteiger partial charge in [-0.1, -0.05) is 11.6 Å². The first kappa shape index (κ1) is 29.3. The third-order valence-corrected chi connectivity index (χ3v) is 5.72. The predicted octanol–water partition coefficient (Wildman–Crippen LogP) is 6.62. The number of ether oxygens (including phenoxy) is 2. The van der Waals surface area contributed by atoms with Crippen molar-refractivity contribution in [1.82, 2.24) is 14.9 Å². The van der Waals surface area contributed by atoms with Crippen molar-refractivity contribution >= 4 is 35.0 Å². The smallest absolute Gasteiger partial charge is 0.415 e. The van der Waals surface area contributed by atoms with Crippen molar-refractivity contribution in [2.75, 3.05) is 4.90 Å². The number of aromatic nitrogens is 2. The quantitative estimate of drug-likeness (QED) is 0.355. The van der Waals surface area contributed by atoms with Gasteiger partial charge in [0.2, 0.25) is 0 Å². The number of rotatable bonds is 7. The summed E-state index contributed by atoms with van der Waals surface area (Å²) in [7, 11) is 0. The van der Waals surface area contributed by atoms with Crippen LogP contribution in [0.1, 0.15) is 65.5 Å². The Morgan fingerprint density at radius 3 is 2.39 bits per heavy atom. The number of fused-ring (bicyclic) bond motifs is 1. The highest BCUT2D eigenvalue weighted by molar-refractivity contribution is 6.29. The number of furan rings is 1. The molecule has 0 fully saturated rings. The van der Waals surface area contributed by atoms with Crippen LogP contribution < -0.4 is 10.2 Å². The van der Waals surface area contributed by atoms with E-state index in [0.717, 1.165) is 0 Å². The van der Waals surface area contributed by atoms with Crippen LogP contribution in [0, 0.1) is 6.92 Å². The maximum absolute atomic E-state index is 14.6. The number of aryl methyl sites for hydroxylation is 1. The summed E-state index contributed by atoms with van der Waals surface area (Å²) in [6, 6.07) is 6.00. The number of anilines is 1. The molecular weight excluding hydrogens is 515 g/mol. The summed E-state index contributed by atoms with van der Waals surface area (Å²) in [5, 5.41) is 7.18. The number of carbonyl (C=O) groups excluding carboxylic acids is 2. The summed E-state index contributed by atoms with van der Waals surface area (Å²) < 4.78 is 32.6. The third kappa shape index (κ3) is 7.63. The molecule has 0 saturated heterocycles. The Morgan fingerprint density at radius 1 is 1.18 bits per heavy atom. The summed E-state index contributed by atoms with van der Waals surface area (Å²) >= 11 is 6.39. The fourth-order valence-corrected chi connectivity index (χ4v) is 4.02. The summed E-state index contributed by atoms with van der Waals surface area (Å²) in [6.45, 7) is 13.8. The zero-order valence-electron chi connectivity index (χ0n) is 23.1. The minimum atomic E-state index is -1.36. The number of nitrogens with one attached hydrogen (secondary N) is 1. The van der Waals surface area contributed by atoms with Gasteiger partial charge < -0.3 is 19.2 Å². The first-order valence-corrected chi connectivity index (χ1v) is 12.8. The van der Waals surface area contributed by atoms with Gasteiger partial charge in [0.25, 0.3) is 0 Å². The number of carbonyl (C=O) groups is 2. The number of nitrogens with zero attached hydrogens (tertiary/aromatic N) is 3. The fraction of sp³-hybridized carbons (Fsp3) is 0.519. The largest absolute Gasteiger partial charge is 0.467 e. The average molecular weight is 551 g/mol. The van der Waals surface area contributed by atoms with Crippen molar-refractivity contribution < 1.29 is 27.9 Å². The van der Waals surface area contributed by atoms with Crippen molar-refractivity contribution in [3.8, 4) is 0 Å². The number of hydrogen-bond donors (Lipinski definition) is 1. The van der Waals surface area contributed by atoms with Crippen LogP contribution in [0.3, 0.4) is 0 Å². The molecule has 3 heterocycles. The van der Waals surface area contributed by atoms with Crippen LogP contribution in [-0.2, 0) is 22.4 Å². The number of alkyl halides is 1. The van der Waals surface area contributed by atoms with Crippen molar-refractivity contribution in [3.63, 3.8) is 0 Å². The van der Waals surface area contributed by atoms with Gasteiger partial charge in [-0.15, -0.1) is 0 Å². The van der Waals surface area contributed by atoms with Gasteiger partial charge >= 0.3 is 12.2 Å². The van der Waals surface area contributed by atoms with E-state index < -0.39 is 35.6 Å². The standard InChI is InChI=1S/C27H36ClFN4O5/c1-16(29)20(30-24(34)37-26(3,4)5)12-18-13-22-21(14-23(28)31-33(22)17(18)2)32(15-19-10-9-11-36-19)25(35)38-27(6,7)8/h9-11,13-14,16,20H,12,15H2,1-8H3,(H,30,34)/t16-,20+/m0/s1. The zero-order chi connectivity index (χ0) is 28.4. The lowest BCUT2D eigenvalue weighted by molar-refractivity contribution is 0.0476. The van der Waals surface area contributed by atoms with E-state index in [1.807, 2.05) is 6.92 Å². The zero-order valence-corrected chi connectivity index (χ0v) is 23.9. The molecule has 0 radical (unpaired) electrons. The SMILES string of the molecule is Cc1c(C[C@@H](NC(=O)OC(C)(C)C)[C@H](C)F)cc2c(N(Cc3ccco3)C(=O)OC(C)(C)C)cc(Cl)nn12. The lowest BCUT2D eigenvalue weighted by atomic mass is 10.0.